The Hall–Kier alpha value is -1.70. The Kier molecular flexibility index (Phi) is 2.75. The molecule has 0 aromatic heterocycles. The zero-order valence-corrected chi connectivity index (χ0v) is 7.58. The van der Waals surface area contributed by atoms with Crippen LogP contribution < -0.4 is 4.74 Å². The average molecular weight is 176 g/mol. The Balaban J connectivity index is 3.34. The summed E-state index contributed by atoms with van der Waals surface area (Å²) in [6.45, 7) is 7.20. The predicted octanol–water partition coefficient (Wildman–Crippen LogP) is 2.69. The maximum atomic E-state index is 9.47. The number of benzene rings is 1. The molecule has 1 aromatic carbocycles. The molecule has 0 saturated heterocycles. The summed E-state index contributed by atoms with van der Waals surface area (Å²) in [6, 6.07) is 3.32. The van der Waals surface area contributed by atoms with E-state index in [9.17, 15) is 5.11 Å². The summed E-state index contributed by atoms with van der Waals surface area (Å²) in [5.74, 6) is 0.869. The lowest BCUT2D eigenvalue weighted by Crippen LogP contribution is -1.88. The van der Waals surface area contributed by atoms with Crippen LogP contribution in [0, 0.1) is 0 Å². The Labute approximate surface area is 77.8 Å². The first-order valence-electron chi connectivity index (χ1n) is 3.88. The van der Waals surface area contributed by atoms with Gasteiger partial charge in [0.1, 0.15) is 11.5 Å². The van der Waals surface area contributed by atoms with Crippen molar-refractivity contribution < 1.29 is 9.84 Å². The lowest BCUT2D eigenvalue weighted by molar-refractivity contribution is 0.411. The number of ether oxygens (including phenoxy) is 1. The van der Waals surface area contributed by atoms with Gasteiger partial charge in [-0.25, -0.2) is 0 Å². The van der Waals surface area contributed by atoms with Crippen molar-refractivity contribution in [1.29, 1.82) is 0 Å². The molecular weight excluding hydrogens is 164 g/mol. The number of phenols is 1. The van der Waals surface area contributed by atoms with Crippen LogP contribution in [0.4, 0.5) is 0 Å². The third-order valence-electron chi connectivity index (χ3n) is 1.82. The van der Waals surface area contributed by atoms with Gasteiger partial charge in [-0.1, -0.05) is 25.3 Å². The molecule has 0 radical (unpaired) electrons. The Morgan fingerprint density at radius 3 is 2.31 bits per heavy atom. The van der Waals surface area contributed by atoms with Gasteiger partial charge in [-0.2, -0.15) is 0 Å². The molecule has 0 amide bonds. The third kappa shape index (κ3) is 1.72. The molecule has 0 unspecified atom stereocenters. The molecule has 1 rings (SSSR count). The first-order valence-corrected chi connectivity index (χ1v) is 3.88. The molecule has 0 atom stereocenters. The number of hydrogen-bond donors (Lipinski definition) is 1. The average Bonchev–Trinajstić information content (AvgIpc) is 2.17. The summed E-state index contributed by atoms with van der Waals surface area (Å²) in [5.41, 5.74) is 1.42. The molecule has 0 aliphatic carbocycles. The molecule has 0 saturated carbocycles. The normalized spacial score (nSPS) is 9.31. The second-order valence-corrected chi connectivity index (χ2v) is 2.56. The van der Waals surface area contributed by atoms with Crippen molar-refractivity contribution >= 4 is 12.2 Å². The Morgan fingerprint density at radius 2 is 1.85 bits per heavy atom. The van der Waals surface area contributed by atoms with Crippen LogP contribution in [0.25, 0.3) is 12.2 Å². The lowest BCUT2D eigenvalue weighted by atomic mass is 10.1. The van der Waals surface area contributed by atoms with Crippen LogP contribution in [-0.2, 0) is 0 Å². The van der Waals surface area contributed by atoms with Crippen LogP contribution >= 0.6 is 0 Å². The van der Waals surface area contributed by atoms with Crippen molar-refractivity contribution in [2.45, 2.75) is 0 Å². The molecule has 0 spiro atoms. The van der Waals surface area contributed by atoms with Crippen LogP contribution in [0.2, 0.25) is 0 Å². The van der Waals surface area contributed by atoms with Crippen LogP contribution in [0.3, 0.4) is 0 Å². The topological polar surface area (TPSA) is 29.5 Å². The molecule has 0 fully saturated rings. The van der Waals surface area contributed by atoms with E-state index in [2.05, 4.69) is 13.2 Å². The van der Waals surface area contributed by atoms with E-state index in [1.54, 1.807) is 31.4 Å². The van der Waals surface area contributed by atoms with E-state index in [1.807, 2.05) is 0 Å². The summed E-state index contributed by atoms with van der Waals surface area (Å²) >= 11 is 0. The third-order valence-corrected chi connectivity index (χ3v) is 1.82. The van der Waals surface area contributed by atoms with Gasteiger partial charge < -0.3 is 9.84 Å². The standard InChI is InChI=1S/C11H12O2/c1-4-8-7-11(13-3)9(5-2)6-10(8)12/h4-7,12H,1-2H2,3H3. The molecule has 1 N–H and O–H groups in total. The highest BCUT2D eigenvalue weighted by atomic mass is 16.5. The number of methoxy groups -OCH3 is 1. The quantitative estimate of drug-likeness (QED) is 0.767. The largest absolute Gasteiger partial charge is 0.507 e. The predicted molar refractivity (Wildman–Crippen MR) is 54.8 cm³/mol. The van der Waals surface area contributed by atoms with Crippen LogP contribution in [0.15, 0.2) is 25.3 Å². The summed E-state index contributed by atoms with van der Waals surface area (Å²) in [7, 11) is 1.58. The molecule has 68 valence electrons. The first-order chi connectivity index (χ1) is 6.22. The molecule has 1 aromatic rings. The SMILES string of the molecule is C=Cc1cc(OC)c(C=C)cc1O. The highest BCUT2D eigenvalue weighted by Crippen LogP contribution is 2.29. The number of rotatable bonds is 3. The molecule has 2 heteroatoms. The molecule has 0 bridgehead atoms. The smallest absolute Gasteiger partial charge is 0.126 e. The maximum absolute atomic E-state index is 9.47. The van der Waals surface area contributed by atoms with E-state index in [-0.39, 0.29) is 5.75 Å². The van der Waals surface area contributed by atoms with Crippen LogP contribution in [0.1, 0.15) is 11.1 Å². The minimum atomic E-state index is 0.186. The van der Waals surface area contributed by atoms with Crippen molar-refractivity contribution in [3.63, 3.8) is 0 Å². The molecule has 0 heterocycles. The van der Waals surface area contributed by atoms with Crippen molar-refractivity contribution in [3.8, 4) is 11.5 Å². The highest BCUT2D eigenvalue weighted by Gasteiger charge is 2.04. The fourth-order valence-electron chi connectivity index (χ4n) is 1.10. The van der Waals surface area contributed by atoms with Gasteiger partial charge in [0.25, 0.3) is 0 Å². The lowest BCUT2D eigenvalue weighted by Gasteiger charge is -2.07. The second kappa shape index (κ2) is 3.81. The van der Waals surface area contributed by atoms with E-state index in [1.165, 1.54) is 0 Å². The van der Waals surface area contributed by atoms with E-state index < -0.39 is 0 Å². The minimum Gasteiger partial charge on any atom is -0.507 e. The highest BCUT2D eigenvalue weighted by molar-refractivity contribution is 5.66. The zero-order chi connectivity index (χ0) is 9.84. The van der Waals surface area contributed by atoms with Gasteiger partial charge in [0.2, 0.25) is 0 Å². The second-order valence-electron chi connectivity index (χ2n) is 2.56. The first kappa shape index (κ1) is 9.39. The van der Waals surface area contributed by atoms with Gasteiger partial charge in [0.05, 0.1) is 7.11 Å². The van der Waals surface area contributed by atoms with Crippen LogP contribution in [-0.4, -0.2) is 12.2 Å². The number of hydrogen-bond acceptors (Lipinski definition) is 2. The molecule has 13 heavy (non-hydrogen) atoms. The minimum absolute atomic E-state index is 0.186. The summed E-state index contributed by atoms with van der Waals surface area (Å²) in [6.07, 6.45) is 3.20. The Morgan fingerprint density at radius 1 is 1.23 bits per heavy atom. The van der Waals surface area contributed by atoms with Gasteiger partial charge in [-0.15, -0.1) is 0 Å². The molecule has 0 aliphatic rings. The zero-order valence-electron chi connectivity index (χ0n) is 7.58. The summed E-state index contributed by atoms with van der Waals surface area (Å²) < 4.78 is 5.10. The Bertz CT molecular complexity index is 340. The fourth-order valence-corrected chi connectivity index (χ4v) is 1.10. The van der Waals surface area contributed by atoms with Crippen molar-refractivity contribution in [3.05, 3.63) is 36.4 Å². The maximum Gasteiger partial charge on any atom is 0.126 e. The summed E-state index contributed by atoms with van der Waals surface area (Å²) in [5, 5.41) is 9.47. The molecule has 2 nitrogen and oxygen atoms in total. The van der Waals surface area contributed by atoms with Crippen LogP contribution in [0.5, 0.6) is 11.5 Å². The number of aromatic hydroxyl groups is 1. The van der Waals surface area contributed by atoms with E-state index in [4.69, 9.17) is 4.74 Å². The van der Waals surface area contributed by atoms with Gasteiger partial charge in [0.15, 0.2) is 0 Å². The fraction of sp³-hybridized carbons (Fsp3) is 0.0909. The van der Waals surface area contributed by atoms with Gasteiger partial charge in [-0.05, 0) is 12.1 Å². The van der Waals surface area contributed by atoms with Gasteiger partial charge >= 0.3 is 0 Å². The molecular formula is C11H12O2. The van der Waals surface area contributed by atoms with Crippen molar-refractivity contribution in [2.24, 2.45) is 0 Å². The molecule has 0 aliphatic heterocycles. The van der Waals surface area contributed by atoms with Crippen molar-refractivity contribution in [2.75, 3.05) is 7.11 Å². The monoisotopic (exact) mass is 176 g/mol. The van der Waals surface area contributed by atoms with E-state index in [0.29, 0.717) is 11.3 Å². The summed E-state index contributed by atoms with van der Waals surface area (Å²) in [4.78, 5) is 0. The van der Waals surface area contributed by atoms with Crippen molar-refractivity contribution in [1.82, 2.24) is 0 Å². The van der Waals surface area contributed by atoms with E-state index in [0.717, 1.165) is 5.56 Å². The van der Waals surface area contributed by atoms with E-state index >= 15 is 0 Å². The van der Waals surface area contributed by atoms with Gasteiger partial charge in [-0.3, -0.25) is 0 Å². The number of phenolic OH excluding ortho intramolecular Hbond substituents is 1. The van der Waals surface area contributed by atoms with Gasteiger partial charge in [0, 0.05) is 11.1 Å².